The number of nitrogens with one attached hydrogen (secondary N) is 1. The first kappa shape index (κ1) is 16.7. The van der Waals surface area contributed by atoms with Crippen molar-refractivity contribution in [2.24, 2.45) is 7.05 Å². The second kappa shape index (κ2) is 6.87. The van der Waals surface area contributed by atoms with Gasteiger partial charge in [0.2, 0.25) is 0 Å². The van der Waals surface area contributed by atoms with Crippen LogP contribution in [0.5, 0.6) is 0 Å². The summed E-state index contributed by atoms with van der Waals surface area (Å²) in [4.78, 5) is 29.0. The number of anilines is 1. The minimum atomic E-state index is -0.258. The molecule has 27 heavy (non-hydrogen) atoms. The van der Waals surface area contributed by atoms with Gasteiger partial charge in [-0.05, 0) is 23.8 Å². The average molecular weight is 359 g/mol. The molecule has 7 nitrogen and oxygen atoms in total. The van der Waals surface area contributed by atoms with Crippen LogP contribution in [0.15, 0.2) is 72.2 Å². The summed E-state index contributed by atoms with van der Waals surface area (Å²) in [6.45, 7) is 0.611. The third kappa shape index (κ3) is 3.35. The number of amides is 1. The summed E-state index contributed by atoms with van der Waals surface area (Å²) in [5.74, 6) is -0.258. The van der Waals surface area contributed by atoms with Crippen molar-refractivity contribution in [3.63, 3.8) is 0 Å². The summed E-state index contributed by atoms with van der Waals surface area (Å²) in [5, 5.41) is 8.13. The quantitative estimate of drug-likeness (QED) is 0.607. The first-order valence-corrected chi connectivity index (χ1v) is 8.43. The van der Waals surface area contributed by atoms with Gasteiger partial charge in [0, 0.05) is 29.7 Å². The molecule has 2 aromatic carbocycles. The van der Waals surface area contributed by atoms with Gasteiger partial charge < -0.3 is 9.88 Å². The minimum Gasteiger partial charge on any atom is -0.322 e. The Balaban J connectivity index is 1.58. The van der Waals surface area contributed by atoms with Crippen molar-refractivity contribution in [3.8, 4) is 0 Å². The van der Waals surface area contributed by atoms with E-state index in [1.54, 1.807) is 42.5 Å². The molecule has 0 fully saturated rings. The van der Waals surface area contributed by atoms with Crippen LogP contribution in [0.4, 0.5) is 5.69 Å². The van der Waals surface area contributed by atoms with Gasteiger partial charge in [-0.1, -0.05) is 30.3 Å². The molecular formula is C20H17N5O2. The fraction of sp³-hybridized carbons (Fsp3) is 0.100. The second-order valence-corrected chi connectivity index (χ2v) is 6.25. The van der Waals surface area contributed by atoms with Gasteiger partial charge in [-0.2, -0.15) is 5.10 Å². The highest BCUT2D eigenvalue weighted by molar-refractivity contribution is 6.12. The van der Waals surface area contributed by atoms with Crippen molar-refractivity contribution in [3.05, 3.63) is 88.9 Å². The molecule has 0 aliphatic carbocycles. The number of aromatic nitrogens is 4. The third-order valence-electron chi connectivity index (χ3n) is 4.36. The predicted molar refractivity (Wildman–Crippen MR) is 103 cm³/mol. The molecule has 0 unspecified atom stereocenters. The lowest BCUT2D eigenvalue weighted by atomic mass is 10.1. The molecule has 0 saturated heterocycles. The van der Waals surface area contributed by atoms with Crippen LogP contribution in [-0.4, -0.2) is 25.2 Å². The molecule has 2 aromatic heterocycles. The number of carbonyl (C=O) groups is 1. The molecule has 0 atom stereocenters. The Morgan fingerprint density at radius 2 is 1.81 bits per heavy atom. The van der Waals surface area contributed by atoms with Crippen molar-refractivity contribution in [2.75, 3.05) is 5.32 Å². The number of benzene rings is 2. The van der Waals surface area contributed by atoms with E-state index in [1.165, 1.54) is 10.9 Å². The fourth-order valence-electron chi connectivity index (χ4n) is 2.99. The molecule has 0 saturated carbocycles. The van der Waals surface area contributed by atoms with E-state index in [0.717, 1.165) is 5.56 Å². The lowest BCUT2D eigenvalue weighted by Gasteiger charge is -2.10. The maximum Gasteiger partial charge on any atom is 0.258 e. The van der Waals surface area contributed by atoms with Crippen LogP contribution in [0.2, 0.25) is 0 Å². The zero-order valence-electron chi connectivity index (χ0n) is 14.7. The van der Waals surface area contributed by atoms with Crippen molar-refractivity contribution in [1.82, 2.24) is 19.3 Å². The summed E-state index contributed by atoms with van der Waals surface area (Å²) < 4.78 is 3.16. The summed E-state index contributed by atoms with van der Waals surface area (Å²) in [6.07, 6.45) is 4.71. The topological polar surface area (TPSA) is 81.8 Å². The Morgan fingerprint density at radius 1 is 1.07 bits per heavy atom. The lowest BCUT2D eigenvalue weighted by Crippen LogP contribution is -2.21. The van der Waals surface area contributed by atoms with E-state index >= 15 is 0 Å². The molecule has 1 N–H and O–H groups in total. The normalized spacial score (nSPS) is 10.9. The number of fused-ring (bicyclic) bond motifs is 1. The molecule has 7 heteroatoms. The Bertz CT molecular complexity index is 1160. The average Bonchev–Trinajstić information content (AvgIpc) is 3.19. The van der Waals surface area contributed by atoms with Gasteiger partial charge in [-0.15, -0.1) is 0 Å². The first-order valence-electron chi connectivity index (χ1n) is 8.43. The number of pyridine rings is 1. The number of hydrogen-bond acceptors (Lipinski definition) is 4. The summed E-state index contributed by atoms with van der Waals surface area (Å²) in [5.41, 5.74) is 2.06. The van der Waals surface area contributed by atoms with Gasteiger partial charge in [0.25, 0.3) is 11.5 Å². The van der Waals surface area contributed by atoms with Crippen molar-refractivity contribution in [1.29, 1.82) is 0 Å². The van der Waals surface area contributed by atoms with E-state index in [9.17, 15) is 9.59 Å². The molecule has 4 rings (SSSR count). The van der Waals surface area contributed by atoms with Crippen LogP contribution >= 0.6 is 0 Å². The van der Waals surface area contributed by atoms with Gasteiger partial charge in [-0.25, -0.2) is 9.67 Å². The van der Waals surface area contributed by atoms with Crippen molar-refractivity contribution in [2.45, 2.75) is 6.54 Å². The Kier molecular flexibility index (Phi) is 4.25. The first-order chi connectivity index (χ1) is 13.1. The SMILES string of the molecule is Cn1cc(C(=O)Nc2ccc(Cn3cncn3)cc2)c2ccccc2c1=O. The third-order valence-corrected chi connectivity index (χ3v) is 4.36. The van der Waals surface area contributed by atoms with Crippen LogP contribution in [0.25, 0.3) is 10.8 Å². The van der Waals surface area contributed by atoms with E-state index in [0.29, 0.717) is 28.6 Å². The zero-order chi connectivity index (χ0) is 18.8. The van der Waals surface area contributed by atoms with Crippen LogP contribution in [0.1, 0.15) is 15.9 Å². The Morgan fingerprint density at radius 3 is 2.52 bits per heavy atom. The molecule has 134 valence electrons. The van der Waals surface area contributed by atoms with Gasteiger partial charge >= 0.3 is 0 Å². The number of carbonyl (C=O) groups excluding carboxylic acids is 1. The number of nitrogens with zero attached hydrogens (tertiary/aromatic N) is 4. The van der Waals surface area contributed by atoms with Gasteiger partial charge in [0.05, 0.1) is 12.1 Å². The second-order valence-electron chi connectivity index (χ2n) is 6.25. The monoisotopic (exact) mass is 359 g/mol. The largest absolute Gasteiger partial charge is 0.322 e. The minimum absolute atomic E-state index is 0.125. The van der Waals surface area contributed by atoms with E-state index in [1.807, 2.05) is 30.3 Å². The standard InChI is InChI=1S/C20H17N5O2/c1-24-11-18(16-4-2-3-5-17(16)20(24)27)19(26)23-15-8-6-14(7-9-15)10-25-13-21-12-22-25/h2-9,11-13H,10H2,1H3,(H,23,26). The molecule has 0 aliphatic rings. The van der Waals surface area contributed by atoms with E-state index < -0.39 is 0 Å². The van der Waals surface area contributed by atoms with E-state index in [-0.39, 0.29) is 11.5 Å². The highest BCUT2D eigenvalue weighted by Crippen LogP contribution is 2.18. The molecule has 0 bridgehead atoms. The summed E-state index contributed by atoms with van der Waals surface area (Å²) >= 11 is 0. The molecule has 4 aromatic rings. The molecule has 0 spiro atoms. The molecular weight excluding hydrogens is 342 g/mol. The summed E-state index contributed by atoms with van der Waals surface area (Å²) in [7, 11) is 1.64. The molecule has 1 amide bonds. The molecule has 0 radical (unpaired) electrons. The van der Waals surface area contributed by atoms with Crippen molar-refractivity contribution < 1.29 is 4.79 Å². The lowest BCUT2D eigenvalue weighted by molar-refractivity contribution is 0.102. The fourth-order valence-corrected chi connectivity index (χ4v) is 2.99. The van der Waals surface area contributed by atoms with Crippen LogP contribution in [0, 0.1) is 0 Å². The highest BCUT2D eigenvalue weighted by atomic mass is 16.2. The van der Waals surface area contributed by atoms with Crippen molar-refractivity contribution >= 4 is 22.4 Å². The number of rotatable bonds is 4. The van der Waals surface area contributed by atoms with E-state index in [4.69, 9.17) is 0 Å². The highest BCUT2D eigenvalue weighted by Gasteiger charge is 2.13. The smallest absolute Gasteiger partial charge is 0.258 e. The van der Waals surface area contributed by atoms with Gasteiger partial charge in [0.1, 0.15) is 12.7 Å². The maximum atomic E-state index is 12.8. The number of aryl methyl sites for hydroxylation is 1. The maximum absolute atomic E-state index is 12.8. The Labute approximate surface area is 154 Å². The van der Waals surface area contributed by atoms with Crippen LogP contribution in [-0.2, 0) is 13.6 Å². The van der Waals surface area contributed by atoms with Crippen LogP contribution in [0.3, 0.4) is 0 Å². The molecule has 2 heterocycles. The number of hydrogen-bond donors (Lipinski definition) is 1. The van der Waals surface area contributed by atoms with Gasteiger partial charge in [-0.3, -0.25) is 9.59 Å². The predicted octanol–water partition coefficient (Wildman–Crippen LogP) is 2.43. The Hall–Kier alpha value is -3.74. The van der Waals surface area contributed by atoms with E-state index in [2.05, 4.69) is 15.4 Å². The zero-order valence-corrected chi connectivity index (χ0v) is 14.7. The molecule has 0 aliphatic heterocycles. The van der Waals surface area contributed by atoms with Crippen LogP contribution < -0.4 is 10.9 Å². The summed E-state index contributed by atoms with van der Waals surface area (Å²) in [6, 6.07) is 14.7. The van der Waals surface area contributed by atoms with Gasteiger partial charge in [0.15, 0.2) is 0 Å².